The van der Waals surface area contributed by atoms with E-state index in [2.05, 4.69) is 10.5 Å². The molecule has 0 bridgehead atoms. The van der Waals surface area contributed by atoms with E-state index in [-0.39, 0.29) is 12.4 Å². The average molecular weight is 366 g/mol. The number of carbonyl (C=O) groups excluding carboxylic acids is 1. The summed E-state index contributed by atoms with van der Waals surface area (Å²) in [6.45, 7) is 3.76. The van der Waals surface area contributed by atoms with Crippen LogP contribution in [0.3, 0.4) is 0 Å². The van der Waals surface area contributed by atoms with E-state index in [1.807, 2.05) is 32.0 Å². The van der Waals surface area contributed by atoms with E-state index in [0.29, 0.717) is 22.8 Å². The van der Waals surface area contributed by atoms with Crippen molar-refractivity contribution >= 4 is 12.1 Å². The van der Waals surface area contributed by atoms with Crippen LogP contribution in [0.25, 0.3) is 11.3 Å². The second kappa shape index (κ2) is 8.31. The van der Waals surface area contributed by atoms with Crippen molar-refractivity contribution in [2.75, 3.05) is 6.61 Å². The molecule has 0 aliphatic carbocycles. The summed E-state index contributed by atoms with van der Waals surface area (Å²) >= 11 is 0. The Balaban J connectivity index is 1.53. The first kappa shape index (κ1) is 18.4. The Bertz CT molecular complexity index is 979. The average Bonchev–Trinajstić information content (AvgIpc) is 3.10. The summed E-state index contributed by atoms with van der Waals surface area (Å²) in [7, 11) is 0. The van der Waals surface area contributed by atoms with Crippen LogP contribution in [0.15, 0.2) is 64.1 Å². The van der Waals surface area contributed by atoms with E-state index in [4.69, 9.17) is 9.15 Å². The molecule has 0 radical (unpaired) electrons. The van der Waals surface area contributed by atoms with E-state index in [1.54, 1.807) is 30.3 Å². The molecule has 27 heavy (non-hydrogen) atoms. The van der Waals surface area contributed by atoms with Gasteiger partial charge in [-0.15, -0.1) is 0 Å². The SMILES string of the molecule is Cc1ccc(OCC(=O)N/N=C/c2ccc(-c3ccccc3F)o2)c(C)c1. The number of furan rings is 1. The molecule has 0 spiro atoms. The first-order chi connectivity index (χ1) is 13.0. The van der Waals surface area contributed by atoms with Gasteiger partial charge in [-0.05, 0) is 49.7 Å². The van der Waals surface area contributed by atoms with Crippen molar-refractivity contribution in [2.45, 2.75) is 13.8 Å². The van der Waals surface area contributed by atoms with Gasteiger partial charge in [0.2, 0.25) is 0 Å². The summed E-state index contributed by atoms with van der Waals surface area (Å²) in [5.41, 5.74) is 4.82. The van der Waals surface area contributed by atoms with Crippen LogP contribution in [0, 0.1) is 19.7 Å². The molecule has 1 amide bonds. The zero-order chi connectivity index (χ0) is 19.2. The Morgan fingerprint density at radius 1 is 1.19 bits per heavy atom. The van der Waals surface area contributed by atoms with Crippen molar-refractivity contribution in [3.63, 3.8) is 0 Å². The van der Waals surface area contributed by atoms with Crippen molar-refractivity contribution < 1.29 is 18.3 Å². The van der Waals surface area contributed by atoms with Gasteiger partial charge in [-0.2, -0.15) is 5.10 Å². The summed E-state index contributed by atoms with van der Waals surface area (Å²) in [6.07, 6.45) is 1.35. The zero-order valence-electron chi connectivity index (χ0n) is 15.0. The molecule has 1 N–H and O–H groups in total. The number of hydrogen-bond acceptors (Lipinski definition) is 4. The number of carbonyl (C=O) groups is 1. The van der Waals surface area contributed by atoms with Crippen LogP contribution in [0.1, 0.15) is 16.9 Å². The lowest BCUT2D eigenvalue weighted by atomic mass is 10.1. The van der Waals surface area contributed by atoms with Gasteiger partial charge in [0.25, 0.3) is 5.91 Å². The van der Waals surface area contributed by atoms with Crippen molar-refractivity contribution in [3.8, 4) is 17.1 Å². The number of benzene rings is 2. The zero-order valence-corrected chi connectivity index (χ0v) is 15.0. The number of aryl methyl sites for hydroxylation is 2. The van der Waals surface area contributed by atoms with Gasteiger partial charge >= 0.3 is 0 Å². The minimum Gasteiger partial charge on any atom is -0.483 e. The first-order valence-electron chi connectivity index (χ1n) is 8.39. The van der Waals surface area contributed by atoms with Crippen LogP contribution in [0.5, 0.6) is 5.75 Å². The van der Waals surface area contributed by atoms with Crippen LogP contribution >= 0.6 is 0 Å². The Morgan fingerprint density at radius 3 is 2.78 bits per heavy atom. The number of hydrazone groups is 1. The molecule has 138 valence electrons. The largest absolute Gasteiger partial charge is 0.483 e. The van der Waals surface area contributed by atoms with Crippen LogP contribution in [0.2, 0.25) is 0 Å². The second-order valence-electron chi connectivity index (χ2n) is 6.03. The smallest absolute Gasteiger partial charge is 0.277 e. The molecule has 0 aliphatic heterocycles. The molecule has 0 unspecified atom stereocenters. The van der Waals surface area contributed by atoms with Crippen LogP contribution in [-0.4, -0.2) is 18.7 Å². The summed E-state index contributed by atoms with van der Waals surface area (Å²) in [5.74, 6) is 0.669. The number of rotatable bonds is 6. The van der Waals surface area contributed by atoms with Crippen molar-refractivity contribution in [2.24, 2.45) is 5.10 Å². The second-order valence-corrected chi connectivity index (χ2v) is 6.03. The number of nitrogens with one attached hydrogen (secondary N) is 1. The summed E-state index contributed by atoms with van der Waals surface area (Å²) in [5, 5.41) is 3.83. The maximum absolute atomic E-state index is 13.8. The monoisotopic (exact) mass is 366 g/mol. The topological polar surface area (TPSA) is 63.8 Å². The van der Waals surface area contributed by atoms with Gasteiger partial charge in [0.1, 0.15) is 23.1 Å². The number of amides is 1. The third-order valence-electron chi connectivity index (χ3n) is 3.84. The van der Waals surface area contributed by atoms with Crippen molar-refractivity contribution in [3.05, 3.63) is 77.3 Å². The first-order valence-corrected chi connectivity index (χ1v) is 8.39. The fourth-order valence-corrected chi connectivity index (χ4v) is 2.53. The molecule has 1 heterocycles. The lowest BCUT2D eigenvalue weighted by molar-refractivity contribution is -0.123. The van der Waals surface area contributed by atoms with E-state index in [0.717, 1.165) is 11.1 Å². The number of halogens is 1. The Morgan fingerprint density at radius 2 is 2.00 bits per heavy atom. The molecule has 2 aromatic carbocycles. The Kier molecular flexibility index (Phi) is 5.66. The number of hydrogen-bond donors (Lipinski definition) is 1. The highest BCUT2D eigenvalue weighted by molar-refractivity contribution is 5.81. The molecule has 0 saturated heterocycles. The quantitative estimate of drug-likeness (QED) is 0.524. The fourth-order valence-electron chi connectivity index (χ4n) is 2.53. The molecule has 0 atom stereocenters. The highest BCUT2D eigenvalue weighted by Crippen LogP contribution is 2.24. The van der Waals surface area contributed by atoms with Crippen molar-refractivity contribution in [1.82, 2.24) is 5.43 Å². The normalized spacial score (nSPS) is 10.9. The lowest BCUT2D eigenvalue weighted by Gasteiger charge is -2.08. The van der Waals surface area contributed by atoms with Crippen molar-refractivity contribution in [1.29, 1.82) is 0 Å². The Labute approximate surface area is 156 Å². The molecule has 0 fully saturated rings. The molecule has 6 heteroatoms. The number of ether oxygens (including phenoxy) is 1. The number of nitrogens with zero attached hydrogens (tertiary/aromatic N) is 1. The molecular weight excluding hydrogens is 347 g/mol. The summed E-state index contributed by atoms with van der Waals surface area (Å²) in [6, 6.07) is 15.3. The fraction of sp³-hybridized carbons (Fsp3) is 0.143. The summed E-state index contributed by atoms with van der Waals surface area (Å²) in [4.78, 5) is 11.8. The van der Waals surface area contributed by atoms with Gasteiger partial charge in [-0.3, -0.25) is 4.79 Å². The maximum atomic E-state index is 13.8. The molecule has 0 saturated carbocycles. The van der Waals surface area contributed by atoms with Crippen LogP contribution < -0.4 is 10.2 Å². The highest BCUT2D eigenvalue weighted by Gasteiger charge is 2.08. The summed E-state index contributed by atoms with van der Waals surface area (Å²) < 4.78 is 24.8. The minimum atomic E-state index is -0.396. The van der Waals surface area contributed by atoms with Gasteiger partial charge in [0.05, 0.1) is 11.8 Å². The predicted molar refractivity (Wildman–Crippen MR) is 101 cm³/mol. The van der Waals surface area contributed by atoms with Gasteiger partial charge in [-0.25, -0.2) is 9.82 Å². The van der Waals surface area contributed by atoms with Gasteiger partial charge in [-0.1, -0.05) is 29.8 Å². The maximum Gasteiger partial charge on any atom is 0.277 e. The highest BCUT2D eigenvalue weighted by atomic mass is 19.1. The van der Waals surface area contributed by atoms with Gasteiger partial charge in [0.15, 0.2) is 6.61 Å². The van der Waals surface area contributed by atoms with Crippen LogP contribution in [-0.2, 0) is 4.79 Å². The molecule has 5 nitrogen and oxygen atoms in total. The lowest BCUT2D eigenvalue weighted by Crippen LogP contribution is -2.24. The van der Waals surface area contributed by atoms with Crippen LogP contribution in [0.4, 0.5) is 4.39 Å². The minimum absolute atomic E-state index is 0.153. The van der Waals surface area contributed by atoms with E-state index >= 15 is 0 Å². The van der Waals surface area contributed by atoms with E-state index in [9.17, 15) is 9.18 Å². The molecule has 3 aromatic rings. The van der Waals surface area contributed by atoms with Gasteiger partial charge < -0.3 is 9.15 Å². The Hall–Kier alpha value is -3.41. The third kappa shape index (κ3) is 4.82. The molecule has 3 rings (SSSR count). The molecular formula is C21H19FN2O3. The van der Waals surface area contributed by atoms with E-state index in [1.165, 1.54) is 12.3 Å². The predicted octanol–water partition coefficient (Wildman–Crippen LogP) is 4.23. The molecule has 0 aliphatic rings. The molecule has 1 aromatic heterocycles. The van der Waals surface area contributed by atoms with E-state index < -0.39 is 5.91 Å². The van der Waals surface area contributed by atoms with Gasteiger partial charge in [0, 0.05) is 0 Å². The third-order valence-corrected chi connectivity index (χ3v) is 3.84. The standard InChI is InChI=1S/C21H19FN2O3/c1-14-7-9-19(15(2)11-14)26-13-21(25)24-23-12-16-8-10-20(27-16)17-5-3-4-6-18(17)22/h3-12H,13H2,1-2H3,(H,24,25)/b23-12+.